The maximum Gasteiger partial charge on any atom is 0.407 e. The number of rotatable bonds is 6. The van der Waals surface area contributed by atoms with Crippen LogP contribution in [0.2, 0.25) is 0 Å². The summed E-state index contributed by atoms with van der Waals surface area (Å²) in [7, 11) is 0. The highest BCUT2D eigenvalue weighted by Gasteiger charge is 2.34. The third kappa shape index (κ3) is 4.81. The Bertz CT molecular complexity index is 1130. The summed E-state index contributed by atoms with van der Waals surface area (Å²) in [5, 5.41) is 15.2. The van der Waals surface area contributed by atoms with Gasteiger partial charge in [0.1, 0.15) is 6.61 Å². The Morgan fingerprint density at radius 2 is 1.57 bits per heavy atom. The van der Waals surface area contributed by atoms with Crippen LogP contribution in [0.5, 0.6) is 0 Å². The number of aliphatic carboxylic acids is 1. The van der Waals surface area contributed by atoms with Crippen molar-refractivity contribution in [2.75, 3.05) is 6.61 Å². The number of benzene rings is 2. The first-order valence-electron chi connectivity index (χ1n) is 12.4. The molecule has 2 aromatic carbocycles. The number of ether oxygens (including phenoxy) is 1. The van der Waals surface area contributed by atoms with Gasteiger partial charge in [0, 0.05) is 23.6 Å². The number of fused-ring (bicyclic) bond motifs is 3. The highest BCUT2D eigenvalue weighted by molar-refractivity contribution is 5.94. The molecule has 1 fully saturated rings. The maximum absolute atomic E-state index is 12.7. The molecule has 7 nitrogen and oxygen atoms in total. The standard InChI is InChI=1S/C28H30N2O5/c31-26(30-25-12-6-5-11-23(25)27(32)33)17-13-14-18(15-17)29-28(34)35-16-24-21-9-3-1-7-19(21)20-8-2-4-10-22(20)24/h1-4,7-10,13,18,23-25H,5-6,11-12,14-16H2,(H,29,34)(H,30,31)(H,32,33)/t18?,23-,25+/m0/s1. The number of carbonyl (C=O) groups is 3. The van der Waals surface area contributed by atoms with Gasteiger partial charge in [-0.05, 0) is 47.9 Å². The quantitative estimate of drug-likeness (QED) is 0.577. The van der Waals surface area contributed by atoms with Gasteiger partial charge in [-0.15, -0.1) is 0 Å². The van der Waals surface area contributed by atoms with Crippen molar-refractivity contribution in [2.24, 2.45) is 5.92 Å². The van der Waals surface area contributed by atoms with Gasteiger partial charge in [0.15, 0.2) is 0 Å². The van der Waals surface area contributed by atoms with E-state index in [1.807, 2.05) is 30.3 Å². The van der Waals surface area contributed by atoms with E-state index in [0.717, 1.165) is 24.0 Å². The van der Waals surface area contributed by atoms with Crippen LogP contribution in [0.1, 0.15) is 55.6 Å². The number of nitrogens with one attached hydrogen (secondary N) is 2. The number of carbonyl (C=O) groups excluding carboxylic acids is 2. The molecule has 35 heavy (non-hydrogen) atoms. The molecule has 0 heterocycles. The molecule has 5 rings (SSSR count). The van der Waals surface area contributed by atoms with E-state index in [2.05, 4.69) is 34.9 Å². The molecule has 0 spiro atoms. The van der Waals surface area contributed by atoms with E-state index >= 15 is 0 Å². The SMILES string of the molecule is O=C(NC1CC=C(C(=O)N[C@@H]2CCCC[C@@H]2C(=O)O)C1)OCC1c2ccccc2-c2ccccc21. The van der Waals surface area contributed by atoms with Gasteiger partial charge in [-0.1, -0.05) is 67.4 Å². The zero-order valence-electron chi connectivity index (χ0n) is 19.5. The van der Waals surface area contributed by atoms with Crippen LogP contribution in [0.15, 0.2) is 60.2 Å². The average molecular weight is 475 g/mol. The molecule has 1 unspecified atom stereocenters. The molecule has 0 aromatic heterocycles. The van der Waals surface area contributed by atoms with Gasteiger partial charge in [-0.25, -0.2) is 4.79 Å². The Balaban J connectivity index is 1.13. The van der Waals surface area contributed by atoms with Gasteiger partial charge in [0.05, 0.1) is 5.92 Å². The molecule has 182 valence electrons. The van der Waals surface area contributed by atoms with E-state index in [0.29, 0.717) is 31.3 Å². The fourth-order valence-electron chi connectivity index (χ4n) is 5.68. The summed E-state index contributed by atoms with van der Waals surface area (Å²) in [4.78, 5) is 36.8. The monoisotopic (exact) mass is 474 g/mol. The number of alkyl carbamates (subject to hydrolysis) is 1. The second kappa shape index (κ2) is 9.94. The zero-order valence-corrected chi connectivity index (χ0v) is 19.5. The van der Waals surface area contributed by atoms with Gasteiger partial charge >= 0.3 is 12.1 Å². The number of amides is 2. The lowest BCUT2D eigenvalue weighted by molar-refractivity contribution is -0.144. The van der Waals surface area contributed by atoms with Crippen LogP contribution < -0.4 is 10.6 Å². The van der Waals surface area contributed by atoms with Crippen LogP contribution in [-0.2, 0) is 14.3 Å². The van der Waals surface area contributed by atoms with Crippen molar-refractivity contribution >= 4 is 18.0 Å². The number of hydrogen-bond acceptors (Lipinski definition) is 4. The minimum atomic E-state index is -0.856. The molecule has 0 radical (unpaired) electrons. The minimum Gasteiger partial charge on any atom is -0.481 e. The highest BCUT2D eigenvalue weighted by atomic mass is 16.5. The van der Waals surface area contributed by atoms with Gasteiger partial charge in [-0.3, -0.25) is 9.59 Å². The molecule has 3 N–H and O–H groups in total. The summed E-state index contributed by atoms with van der Waals surface area (Å²) in [6, 6.07) is 15.8. The molecule has 0 saturated heterocycles. The van der Waals surface area contributed by atoms with E-state index < -0.39 is 18.0 Å². The maximum atomic E-state index is 12.7. The van der Waals surface area contributed by atoms with Gasteiger partial charge in [0.25, 0.3) is 0 Å². The van der Waals surface area contributed by atoms with Gasteiger partial charge < -0.3 is 20.5 Å². The van der Waals surface area contributed by atoms with Crippen LogP contribution in [0.25, 0.3) is 11.1 Å². The lowest BCUT2D eigenvalue weighted by Crippen LogP contribution is -2.45. The summed E-state index contributed by atoms with van der Waals surface area (Å²) in [6.07, 6.45) is 5.33. The Labute approximate surface area is 204 Å². The molecule has 3 aliphatic rings. The third-order valence-electron chi connectivity index (χ3n) is 7.47. The van der Waals surface area contributed by atoms with Crippen molar-refractivity contribution in [1.82, 2.24) is 10.6 Å². The minimum absolute atomic E-state index is 0.00568. The zero-order chi connectivity index (χ0) is 24.4. The first-order chi connectivity index (χ1) is 17.0. The van der Waals surface area contributed by atoms with Crippen LogP contribution in [0.4, 0.5) is 4.79 Å². The topological polar surface area (TPSA) is 105 Å². The molecule has 2 amide bonds. The normalized spacial score (nSPS) is 23.1. The molecule has 7 heteroatoms. The van der Waals surface area contributed by atoms with Crippen LogP contribution in [0, 0.1) is 5.92 Å². The highest BCUT2D eigenvalue weighted by Crippen LogP contribution is 2.44. The van der Waals surface area contributed by atoms with E-state index in [1.165, 1.54) is 11.1 Å². The predicted octanol–water partition coefficient (Wildman–Crippen LogP) is 4.37. The summed E-state index contributed by atoms with van der Waals surface area (Å²) in [5.74, 6) is -1.64. The summed E-state index contributed by atoms with van der Waals surface area (Å²) >= 11 is 0. The van der Waals surface area contributed by atoms with Crippen LogP contribution in [-0.4, -0.2) is 41.8 Å². The summed E-state index contributed by atoms with van der Waals surface area (Å²) < 4.78 is 5.62. The second-order valence-corrected chi connectivity index (χ2v) is 9.65. The van der Waals surface area contributed by atoms with Crippen molar-refractivity contribution in [3.63, 3.8) is 0 Å². The third-order valence-corrected chi connectivity index (χ3v) is 7.47. The molecule has 1 saturated carbocycles. The number of carboxylic acid groups (broad SMARTS) is 1. The van der Waals surface area contributed by atoms with E-state index in [-0.39, 0.29) is 30.5 Å². The van der Waals surface area contributed by atoms with E-state index in [9.17, 15) is 19.5 Å². The molecule has 0 aliphatic heterocycles. The van der Waals surface area contributed by atoms with Crippen LogP contribution >= 0.6 is 0 Å². The number of hydrogen-bond donors (Lipinski definition) is 3. The fourth-order valence-corrected chi connectivity index (χ4v) is 5.68. The number of carboxylic acids is 1. The summed E-state index contributed by atoms with van der Waals surface area (Å²) in [5.41, 5.74) is 5.26. The van der Waals surface area contributed by atoms with Crippen molar-refractivity contribution in [1.29, 1.82) is 0 Å². The second-order valence-electron chi connectivity index (χ2n) is 9.65. The lowest BCUT2D eigenvalue weighted by atomic mass is 9.84. The predicted molar refractivity (Wildman–Crippen MR) is 131 cm³/mol. The molecule has 3 atom stereocenters. The molecule has 0 bridgehead atoms. The first kappa shape index (κ1) is 23.1. The van der Waals surface area contributed by atoms with Crippen molar-refractivity contribution in [3.05, 3.63) is 71.3 Å². The molecular formula is C28H30N2O5. The van der Waals surface area contributed by atoms with Gasteiger partial charge in [0.2, 0.25) is 5.91 Å². The van der Waals surface area contributed by atoms with Crippen molar-refractivity contribution in [3.8, 4) is 11.1 Å². The molecule has 3 aliphatic carbocycles. The molecule has 2 aromatic rings. The average Bonchev–Trinajstić information content (AvgIpc) is 3.46. The molecular weight excluding hydrogens is 444 g/mol. The van der Waals surface area contributed by atoms with E-state index in [1.54, 1.807) is 0 Å². The summed E-state index contributed by atoms with van der Waals surface area (Å²) in [6.45, 7) is 0.242. The lowest BCUT2D eigenvalue weighted by Gasteiger charge is -2.29. The largest absolute Gasteiger partial charge is 0.481 e. The Morgan fingerprint density at radius 3 is 2.26 bits per heavy atom. The Morgan fingerprint density at radius 1 is 0.914 bits per heavy atom. The van der Waals surface area contributed by atoms with Crippen molar-refractivity contribution in [2.45, 2.75) is 56.5 Å². The van der Waals surface area contributed by atoms with Crippen molar-refractivity contribution < 1.29 is 24.2 Å². The smallest absolute Gasteiger partial charge is 0.407 e. The van der Waals surface area contributed by atoms with Crippen LogP contribution in [0.3, 0.4) is 0 Å². The Hall–Kier alpha value is -3.61. The van der Waals surface area contributed by atoms with E-state index in [4.69, 9.17) is 4.74 Å². The Kier molecular flexibility index (Phi) is 6.57. The fraction of sp³-hybridized carbons (Fsp3) is 0.393. The van der Waals surface area contributed by atoms with Gasteiger partial charge in [-0.2, -0.15) is 0 Å². The first-order valence-corrected chi connectivity index (χ1v) is 12.4.